The second kappa shape index (κ2) is 11.4. The van der Waals surface area contributed by atoms with E-state index in [0.29, 0.717) is 19.0 Å². The van der Waals surface area contributed by atoms with Gasteiger partial charge in [0.2, 0.25) is 0 Å². The number of ether oxygens (including phenoxy) is 1. The number of aldehydes is 1. The number of Topliss-reactive ketones (excluding diaryl/α,β-unsaturated/α-hetero) is 1. The highest BCUT2D eigenvalue weighted by Gasteiger charge is 2.23. The maximum atomic E-state index is 12.2. The number of rotatable bonds is 10. The van der Waals surface area contributed by atoms with Gasteiger partial charge in [-0.05, 0) is 37.8 Å². The van der Waals surface area contributed by atoms with Crippen LogP contribution in [0.25, 0.3) is 0 Å². The second-order valence-electron chi connectivity index (χ2n) is 6.67. The van der Waals surface area contributed by atoms with Crippen LogP contribution in [0.5, 0.6) is 0 Å². The summed E-state index contributed by atoms with van der Waals surface area (Å²) in [6, 6.07) is 9.76. The van der Waals surface area contributed by atoms with Crippen molar-refractivity contribution < 1.29 is 19.1 Å². The third-order valence-electron chi connectivity index (χ3n) is 4.63. The number of carbonyl (C=O) groups excluding carboxylic acids is 3. The Labute approximate surface area is 154 Å². The SMILES string of the molecule is O=CCCCC1CCCCN1CC(=O)CNC(=O)OCc1ccccc1. The van der Waals surface area contributed by atoms with Crippen LogP contribution in [0.2, 0.25) is 0 Å². The number of benzene rings is 1. The van der Waals surface area contributed by atoms with E-state index in [9.17, 15) is 14.4 Å². The van der Waals surface area contributed by atoms with Gasteiger partial charge in [-0.2, -0.15) is 0 Å². The Morgan fingerprint density at radius 3 is 2.81 bits per heavy atom. The fourth-order valence-corrected chi connectivity index (χ4v) is 3.26. The number of nitrogens with one attached hydrogen (secondary N) is 1. The fraction of sp³-hybridized carbons (Fsp3) is 0.550. The molecule has 1 aliphatic heterocycles. The number of amides is 1. The van der Waals surface area contributed by atoms with E-state index >= 15 is 0 Å². The molecule has 0 radical (unpaired) electrons. The maximum absolute atomic E-state index is 12.2. The summed E-state index contributed by atoms with van der Waals surface area (Å²) in [6.07, 6.45) is 6.07. The van der Waals surface area contributed by atoms with Crippen LogP contribution in [0.3, 0.4) is 0 Å². The van der Waals surface area contributed by atoms with Gasteiger partial charge in [0.1, 0.15) is 12.9 Å². The predicted octanol–water partition coefficient (Wildman–Crippen LogP) is 2.71. The van der Waals surface area contributed by atoms with E-state index < -0.39 is 6.09 Å². The maximum Gasteiger partial charge on any atom is 0.407 e. The smallest absolute Gasteiger partial charge is 0.407 e. The first-order chi connectivity index (χ1) is 12.7. The van der Waals surface area contributed by atoms with Crippen LogP contribution in [0.4, 0.5) is 4.79 Å². The van der Waals surface area contributed by atoms with Crippen molar-refractivity contribution in [2.45, 2.75) is 51.2 Å². The van der Waals surface area contributed by atoms with E-state index in [1.165, 1.54) is 6.42 Å². The van der Waals surface area contributed by atoms with Crippen molar-refractivity contribution in [3.05, 3.63) is 35.9 Å². The lowest BCUT2D eigenvalue weighted by molar-refractivity contribution is -0.120. The average Bonchev–Trinajstić information content (AvgIpc) is 2.67. The summed E-state index contributed by atoms with van der Waals surface area (Å²) in [5, 5.41) is 2.53. The molecule has 1 aromatic rings. The summed E-state index contributed by atoms with van der Waals surface area (Å²) in [5.41, 5.74) is 0.903. The summed E-state index contributed by atoms with van der Waals surface area (Å²) >= 11 is 0. The summed E-state index contributed by atoms with van der Waals surface area (Å²) in [4.78, 5) is 36.6. The molecular weight excluding hydrogens is 332 g/mol. The Kier molecular flexibility index (Phi) is 8.83. The minimum atomic E-state index is -0.580. The van der Waals surface area contributed by atoms with Gasteiger partial charge in [0, 0.05) is 12.5 Å². The van der Waals surface area contributed by atoms with E-state index in [4.69, 9.17) is 4.74 Å². The lowest BCUT2D eigenvalue weighted by atomic mass is 9.97. The van der Waals surface area contributed by atoms with Crippen molar-refractivity contribution in [1.82, 2.24) is 10.2 Å². The number of hydrogen-bond acceptors (Lipinski definition) is 5. The third kappa shape index (κ3) is 7.35. The number of hydrogen-bond donors (Lipinski definition) is 1. The quantitative estimate of drug-likeness (QED) is 0.513. The Morgan fingerprint density at radius 2 is 2.04 bits per heavy atom. The molecule has 6 nitrogen and oxygen atoms in total. The van der Waals surface area contributed by atoms with Crippen LogP contribution in [0.15, 0.2) is 30.3 Å². The molecule has 1 N–H and O–H groups in total. The topological polar surface area (TPSA) is 75.7 Å². The zero-order valence-electron chi connectivity index (χ0n) is 15.2. The first-order valence-corrected chi connectivity index (χ1v) is 9.33. The van der Waals surface area contributed by atoms with Gasteiger partial charge in [0.05, 0.1) is 13.1 Å². The van der Waals surface area contributed by atoms with Crippen LogP contribution in [-0.2, 0) is 20.9 Å². The van der Waals surface area contributed by atoms with Crippen molar-refractivity contribution in [3.63, 3.8) is 0 Å². The van der Waals surface area contributed by atoms with Gasteiger partial charge in [0.15, 0.2) is 5.78 Å². The number of likely N-dealkylation sites (tertiary alicyclic amines) is 1. The summed E-state index contributed by atoms with van der Waals surface area (Å²) < 4.78 is 5.11. The number of carbonyl (C=O) groups is 3. The standard InChI is InChI=1S/C20H28N2O4/c23-13-7-5-11-18-10-4-6-12-22(18)15-19(24)14-21-20(25)26-16-17-8-2-1-3-9-17/h1-3,8-9,13,18H,4-7,10-12,14-16H2,(H,21,25). The van der Waals surface area contributed by atoms with Gasteiger partial charge >= 0.3 is 6.09 Å². The molecule has 1 amide bonds. The van der Waals surface area contributed by atoms with Gasteiger partial charge in [0.25, 0.3) is 0 Å². The normalized spacial score (nSPS) is 17.5. The van der Waals surface area contributed by atoms with Crippen LogP contribution in [-0.4, -0.2) is 48.7 Å². The van der Waals surface area contributed by atoms with Gasteiger partial charge in [-0.25, -0.2) is 4.79 Å². The Morgan fingerprint density at radius 1 is 1.23 bits per heavy atom. The van der Waals surface area contributed by atoms with Crippen molar-refractivity contribution in [2.24, 2.45) is 0 Å². The Hall–Kier alpha value is -2.21. The zero-order chi connectivity index (χ0) is 18.6. The van der Waals surface area contributed by atoms with Crippen molar-refractivity contribution >= 4 is 18.2 Å². The molecule has 26 heavy (non-hydrogen) atoms. The Balaban J connectivity index is 1.67. The van der Waals surface area contributed by atoms with Crippen LogP contribution in [0.1, 0.15) is 44.1 Å². The summed E-state index contributed by atoms with van der Waals surface area (Å²) in [7, 11) is 0. The number of alkyl carbamates (subject to hydrolysis) is 1. The molecule has 1 atom stereocenters. The molecule has 0 saturated carbocycles. The molecule has 1 aromatic carbocycles. The highest BCUT2D eigenvalue weighted by molar-refractivity contribution is 5.85. The van der Waals surface area contributed by atoms with E-state index in [-0.39, 0.29) is 18.9 Å². The number of unbranched alkanes of at least 4 members (excludes halogenated alkanes) is 1. The first kappa shape index (κ1) is 20.1. The van der Waals surface area contributed by atoms with Crippen molar-refractivity contribution in [3.8, 4) is 0 Å². The number of piperidine rings is 1. The fourth-order valence-electron chi connectivity index (χ4n) is 3.26. The van der Waals surface area contributed by atoms with Gasteiger partial charge in [-0.3, -0.25) is 9.69 Å². The molecule has 0 aromatic heterocycles. The van der Waals surface area contributed by atoms with Crippen LogP contribution < -0.4 is 5.32 Å². The third-order valence-corrected chi connectivity index (χ3v) is 4.63. The lowest BCUT2D eigenvalue weighted by Gasteiger charge is -2.35. The minimum Gasteiger partial charge on any atom is -0.445 e. The average molecular weight is 360 g/mol. The second-order valence-corrected chi connectivity index (χ2v) is 6.67. The molecule has 0 bridgehead atoms. The highest BCUT2D eigenvalue weighted by atomic mass is 16.5. The molecule has 0 spiro atoms. The molecule has 1 unspecified atom stereocenters. The minimum absolute atomic E-state index is 0.0226. The first-order valence-electron chi connectivity index (χ1n) is 9.33. The molecule has 142 valence electrons. The number of ketones is 1. The molecule has 1 heterocycles. The van der Waals surface area contributed by atoms with Gasteiger partial charge < -0.3 is 14.8 Å². The molecule has 1 fully saturated rings. The van der Waals surface area contributed by atoms with Crippen molar-refractivity contribution in [2.75, 3.05) is 19.6 Å². The van der Waals surface area contributed by atoms with E-state index in [0.717, 1.165) is 44.1 Å². The van der Waals surface area contributed by atoms with Gasteiger partial charge in [-0.15, -0.1) is 0 Å². The summed E-state index contributed by atoms with van der Waals surface area (Å²) in [6.45, 7) is 1.40. The van der Waals surface area contributed by atoms with Gasteiger partial charge in [-0.1, -0.05) is 36.8 Å². The molecule has 2 rings (SSSR count). The number of nitrogens with zero attached hydrogens (tertiary/aromatic N) is 1. The Bertz CT molecular complexity index is 576. The molecule has 6 heteroatoms. The van der Waals surface area contributed by atoms with Crippen LogP contribution >= 0.6 is 0 Å². The monoisotopic (exact) mass is 360 g/mol. The van der Waals surface area contributed by atoms with E-state index in [1.807, 2.05) is 30.3 Å². The predicted molar refractivity (Wildman–Crippen MR) is 98.8 cm³/mol. The summed E-state index contributed by atoms with van der Waals surface area (Å²) in [5.74, 6) is -0.0241. The zero-order valence-corrected chi connectivity index (χ0v) is 15.2. The molecule has 1 saturated heterocycles. The highest BCUT2D eigenvalue weighted by Crippen LogP contribution is 2.21. The van der Waals surface area contributed by atoms with E-state index in [1.54, 1.807) is 0 Å². The van der Waals surface area contributed by atoms with Crippen molar-refractivity contribution in [1.29, 1.82) is 0 Å². The van der Waals surface area contributed by atoms with Crippen LogP contribution in [0, 0.1) is 0 Å². The molecule has 1 aliphatic rings. The molecule has 0 aliphatic carbocycles. The molecular formula is C20H28N2O4. The largest absolute Gasteiger partial charge is 0.445 e. The van der Waals surface area contributed by atoms with E-state index in [2.05, 4.69) is 10.2 Å². The lowest BCUT2D eigenvalue weighted by Crippen LogP contribution is -2.44.